The molecule has 0 aliphatic carbocycles. The lowest BCUT2D eigenvalue weighted by Crippen LogP contribution is -2.23. The Morgan fingerprint density at radius 1 is 1.37 bits per heavy atom. The zero-order valence-electron chi connectivity index (χ0n) is 11.0. The van der Waals surface area contributed by atoms with Crippen LogP contribution < -0.4 is 5.32 Å². The Kier molecular flexibility index (Phi) is 5.69. The van der Waals surface area contributed by atoms with E-state index in [-0.39, 0.29) is 6.04 Å². The van der Waals surface area contributed by atoms with Crippen LogP contribution in [0.25, 0.3) is 0 Å². The van der Waals surface area contributed by atoms with Crippen molar-refractivity contribution >= 4 is 45.5 Å². The highest BCUT2D eigenvalue weighted by Gasteiger charge is 2.17. The summed E-state index contributed by atoms with van der Waals surface area (Å²) in [6.45, 7) is 5.37. The van der Waals surface area contributed by atoms with Crippen molar-refractivity contribution in [1.29, 1.82) is 0 Å². The van der Waals surface area contributed by atoms with Gasteiger partial charge in [0.15, 0.2) is 0 Å². The van der Waals surface area contributed by atoms with Gasteiger partial charge in [0.2, 0.25) is 0 Å². The second-order valence-corrected chi connectivity index (χ2v) is 7.18. The summed E-state index contributed by atoms with van der Waals surface area (Å²) in [5.41, 5.74) is 2.59. The van der Waals surface area contributed by atoms with Crippen molar-refractivity contribution in [3.05, 3.63) is 54.2 Å². The Morgan fingerprint density at radius 2 is 2.16 bits per heavy atom. The molecule has 19 heavy (non-hydrogen) atoms. The van der Waals surface area contributed by atoms with Crippen LogP contribution in [-0.2, 0) is 0 Å². The molecule has 2 rings (SSSR count). The molecule has 0 saturated heterocycles. The first kappa shape index (κ1) is 15.3. The van der Waals surface area contributed by atoms with E-state index in [0.29, 0.717) is 0 Å². The maximum atomic E-state index is 6.26. The lowest BCUT2D eigenvalue weighted by Gasteiger charge is -2.20. The van der Waals surface area contributed by atoms with Crippen LogP contribution in [-0.4, -0.2) is 6.54 Å². The van der Waals surface area contributed by atoms with E-state index in [1.165, 1.54) is 16.0 Å². The van der Waals surface area contributed by atoms with Crippen LogP contribution in [0, 0.1) is 10.5 Å². The van der Waals surface area contributed by atoms with Crippen LogP contribution in [0.1, 0.15) is 35.4 Å². The quantitative estimate of drug-likeness (QED) is 0.656. The molecule has 2 aromatic rings. The van der Waals surface area contributed by atoms with Crippen molar-refractivity contribution in [1.82, 2.24) is 5.32 Å². The first-order chi connectivity index (χ1) is 9.13. The van der Waals surface area contributed by atoms with E-state index in [4.69, 9.17) is 11.6 Å². The van der Waals surface area contributed by atoms with Gasteiger partial charge in [0.05, 0.1) is 11.1 Å². The Balaban J connectivity index is 2.37. The number of aryl methyl sites for hydroxylation is 1. The third-order valence-electron chi connectivity index (χ3n) is 3.09. The summed E-state index contributed by atoms with van der Waals surface area (Å²) in [7, 11) is 0. The van der Waals surface area contributed by atoms with E-state index in [1.54, 1.807) is 11.3 Å². The number of nitrogens with one attached hydrogen (secondary N) is 1. The summed E-state index contributed by atoms with van der Waals surface area (Å²) in [5.74, 6) is 0. The van der Waals surface area contributed by atoms with Gasteiger partial charge in [-0.15, -0.1) is 11.3 Å². The van der Waals surface area contributed by atoms with Crippen molar-refractivity contribution in [2.75, 3.05) is 6.54 Å². The minimum atomic E-state index is 0.237. The van der Waals surface area contributed by atoms with Crippen LogP contribution in [0.4, 0.5) is 0 Å². The zero-order valence-corrected chi connectivity index (χ0v) is 14.8. The molecule has 1 atom stereocenters. The molecule has 1 nitrogen and oxygen atoms in total. The van der Waals surface area contributed by atoms with E-state index in [0.717, 1.165) is 21.6 Å². The summed E-state index contributed by atoms with van der Waals surface area (Å²) >= 11 is 10.3. The molecular weight excluding hydrogens is 389 g/mol. The van der Waals surface area contributed by atoms with Crippen LogP contribution in [0.15, 0.2) is 29.6 Å². The van der Waals surface area contributed by atoms with Crippen molar-refractivity contribution < 1.29 is 0 Å². The minimum Gasteiger partial charge on any atom is -0.306 e. The molecule has 1 aromatic carbocycles. The van der Waals surface area contributed by atoms with E-state index in [2.05, 4.69) is 71.4 Å². The van der Waals surface area contributed by atoms with Gasteiger partial charge in [-0.25, -0.2) is 0 Å². The maximum absolute atomic E-state index is 6.26. The van der Waals surface area contributed by atoms with Crippen molar-refractivity contribution in [2.45, 2.75) is 26.3 Å². The van der Waals surface area contributed by atoms with Gasteiger partial charge >= 0.3 is 0 Å². The maximum Gasteiger partial charge on any atom is 0.0588 e. The Morgan fingerprint density at radius 3 is 2.74 bits per heavy atom. The van der Waals surface area contributed by atoms with Crippen LogP contribution >= 0.6 is 45.5 Å². The number of halogens is 2. The van der Waals surface area contributed by atoms with Gasteiger partial charge < -0.3 is 5.32 Å². The highest BCUT2D eigenvalue weighted by atomic mass is 127. The van der Waals surface area contributed by atoms with Crippen LogP contribution in [0.5, 0.6) is 0 Å². The van der Waals surface area contributed by atoms with E-state index in [9.17, 15) is 0 Å². The molecule has 0 aliphatic heterocycles. The Hall–Kier alpha value is -0.100. The van der Waals surface area contributed by atoms with Gasteiger partial charge in [-0.3, -0.25) is 0 Å². The standard InChI is InChI=1S/C15H17ClINS/c1-3-7-18-15(12-6-8-19-10(12)2)11-4-5-14(17)13(16)9-11/h4-6,8-9,15,18H,3,7H2,1-2H3. The second kappa shape index (κ2) is 7.07. The molecule has 0 spiro atoms. The van der Waals surface area contributed by atoms with Gasteiger partial charge in [0.25, 0.3) is 0 Å². The monoisotopic (exact) mass is 405 g/mol. The van der Waals surface area contributed by atoms with Gasteiger partial charge in [0, 0.05) is 8.45 Å². The summed E-state index contributed by atoms with van der Waals surface area (Å²) in [6.07, 6.45) is 1.12. The third kappa shape index (κ3) is 3.72. The number of hydrogen-bond donors (Lipinski definition) is 1. The number of thiophene rings is 1. The largest absolute Gasteiger partial charge is 0.306 e. The first-order valence-electron chi connectivity index (χ1n) is 6.35. The smallest absolute Gasteiger partial charge is 0.0588 e. The normalized spacial score (nSPS) is 12.6. The molecule has 0 amide bonds. The lowest BCUT2D eigenvalue weighted by molar-refractivity contribution is 0.598. The molecule has 102 valence electrons. The molecule has 1 N–H and O–H groups in total. The van der Waals surface area contributed by atoms with E-state index >= 15 is 0 Å². The summed E-state index contributed by atoms with van der Waals surface area (Å²) < 4.78 is 1.10. The highest BCUT2D eigenvalue weighted by molar-refractivity contribution is 14.1. The molecule has 0 saturated carbocycles. The molecule has 0 fully saturated rings. The van der Waals surface area contributed by atoms with Gasteiger partial charge in [-0.2, -0.15) is 0 Å². The summed E-state index contributed by atoms with van der Waals surface area (Å²) in [6, 6.07) is 8.77. The molecule has 1 aromatic heterocycles. The molecule has 1 unspecified atom stereocenters. The second-order valence-electron chi connectivity index (χ2n) is 4.49. The molecular formula is C15H17ClINS. The topological polar surface area (TPSA) is 12.0 Å². The average Bonchev–Trinajstić information content (AvgIpc) is 2.80. The SMILES string of the molecule is CCCNC(c1ccc(I)c(Cl)c1)c1ccsc1C. The fourth-order valence-electron chi connectivity index (χ4n) is 2.08. The number of benzene rings is 1. The van der Waals surface area contributed by atoms with Gasteiger partial charge in [-0.1, -0.05) is 24.6 Å². The van der Waals surface area contributed by atoms with Gasteiger partial charge in [0.1, 0.15) is 0 Å². The molecule has 0 radical (unpaired) electrons. The highest BCUT2D eigenvalue weighted by Crippen LogP contribution is 2.31. The van der Waals surface area contributed by atoms with Crippen molar-refractivity contribution in [3.8, 4) is 0 Å². The average molecular weight is 406 g/mol. The molecule has 0 aliphatic rings. The predicted molar refractivity (Wildman–Crippen MR) is 93.4 cm³/mol. The lowest BCUT2D eigenvalue weighted by atomic mass is 9.99. The van der Waals surface area contributed by atoms with Gasteiger partial charge in [-0.05, 0) is 77.2 Å². The fraction of sp³-hybridized carbons (Fsp3) is 0.333. The summed E-state index contributed by atoms with van der Waals surface area (Å²) in [4.78, 5) is 1.36. The molecule has 1 heterocycles. The fourth-order valence-corrected chi connectivity index (χ4v) is 3.35. The van der Waals surface area contributed by atoms with Crippen LogP contribution in [0.2, 0.25) is 5.02 Å². The van der Waals surface area contributed by atoms with E-state index < -0.39 is 0 Å². The number of hydrogen-bond acceptors (Lipinski definition) is 2. The molecule has 4 heteroatoms. The number of rotatable bonds is 5. The summed E-state index contributed by atoms with van der Waals surface area (Å²) in [5, 5.41) is 6.60. The Labute approximate surface area is 137 Å². The zero-order chi connectivity index (χ0) is 13.8. The van der Waals surface area contributed by atoms with Crippen LogP contribution in [0.3, 0.4) is 0 Å². The Bertz CT molecular complexity index is 553. The predicted octanol–water partition coefficient (Wildman–Crippen LogP) is 5.40. The minimum absolute atomic E-state index is 0.237. The third-order valence-corrected chi connectivity index (χ3v) is 5.52. The van der Waals surface area contributed by atoms with Crippen molar-refractivity contribution in [2.24, 2.45) is 0 Å². The first-order valence-corrected chi connectivity index (χ1v) is 8.69. The van der Waals surface area contributed by atoms with E-state index in [1.807, 2.05) is 0 Å². The molecule has 0 bridgehead atoms. The van der Waals surface area contributed by atoms with Crippen molar-refractivity contribution in [3.63, 3.8) is 0 Å².